The Morgan fingerprint density at radius 1 is 1.73 bits per heavy atom. The van der Waals surface area contributed by atoms with Gasteiger partial charge in [-0.25, -0.2) is 9.78 Å². The molecule has 1 aromatic rings. The van der Waals surface area contributed by atoms with Crippen LogP contribution < -0.4 is 5.32 Å². The molecule has 1 aliphatic rings. The molecule has 1 aromatic heterocycles. The van der Waals surface area contributed by atoms with E-state index in [1.807, 2.05) is 24.6 Å². The fraction of sp³-hybridized carbons (Fsp3) is 0.600. The number of carbonyl (C=O) groups excluding carboxylic acids is 1. The Hall–Kier alpha value is -1.52. The Morgan fingerprint density at radius 2 is 2.53 bits per heavy atom. The molecule has 1 aliphatic heterocycles. The fourth-order valence-electron chi connectivity index (χ4n) is 1.69. The van der Waals surface area contributed by atoms with E-state index in [1.54, 1.807) is 6.20 Å². The third-order valence-corrected chi connectivity index (χ3v) is 2.32. The summed E-state index contributed by atoms with van der Waals surface area (Å²) >= 11 is 0. The number of hydrogen-bond acceptors (Lipinski definition) is 3. The van der Waals surface area contributed by atoms with Crippen LogP contribution in [0.3, 0.4) is 0 Å². The number of imidazole rings is 1. The number of alkyl carbamates (subject to hydrolysis) is 1. The van der Waals surface area contributed by atoms with Gasteiger partial charge in [0.05, 0.1) is 0 Å². The SMILES string of the molecule is CC(C)NC(=O)O[C@H]1CCn2ccnc21. The van der Waals surface area contributed by atoms with Gasteiger partial charge in [0.1, 0.15) is 5.82 Å². The average molecular weight is 209 g/mol. The monoisotopic (exact) mass is 209 g/mol. The number of aryl methyl sites for hydroxylation is 1. The van der Waals surface area contributed by atoms with E-state index in [-0.39, 0.29) is 18.2 Å². The lowest BCUT2D eigenvalue weighted by Gasteiger charge is -2.13. The fourth-order valence-corrected chi connectivity index (χ4v) is 1.69. The van der Waals surface area contributed by atoms with Crippen LogP contribution in [0.2, 0.25) is 0 Å². The quantitative estimate of drug-likeness (QED) is 0.802. The molecule has 1 amide bonds. The van der Waals surface area contributed by atoms with E-state index in [2.05, 4.69) is 10.3 Å². The standard InChI is InChI=1S/C10H15N3O2/c1-7(2)12-10(14)15-8-3-5-13-6-4-11-9(8)13/h4,6-8H,3,5H2,1-2H3,(H,12,14)/t8-/m0/s1. The zero-order valence-electron chi connectivity index (χ0n) is 8.93. The Labute approximate surface area is 88.4 Å². The molecule has 2 heterocycles. The number of carbonyl (C=O) groups is 1. The Balaban J connectivity index is 1.95. The molecule has 0 bridgehead atoms. The first-order chi connectivity index (χ1) is 7.16. The van der Waals surface area contributed by atoms with Crippen molar-refractivity contribution in [2.45, 2.75) is 39.0 Å². The van der Waals surface area contributed by atoms with Crippen molar-refractivity contribution in [3.63, 3.8) is 0 Å². The van der Waals surface area contributed by atoms with Crippen molar-refractivity contribution in [2.75, 3.05) is 0 Å². The van der Waals surface area contributed by atoms with E-state index in [1.165, 1.54) is 0 Å². The number of amides is 1. The zero-order valence-corrected chi connectivity index (χ0v) is 8.93. The number of rotatable bonds is 2. The zero-order chi connectivity index (χ0) is 10.8. The normalized spacial score (nSPS) is 19.0. The molecule has 0 unspecified atom stereocenters. The lowest BCUT2D eigenvalue weighted by Crippen LogP contribution is -2.31. The van der Waals surface area contributed by atoms with Gasteiger partial charge >= 0.3 is 6.09 Å². The molecule has 5 nitrogen and oxygen atoms in total. The van der Waals surface area contributed by atoms with Crippen LogP contribution in [0.15, 0.2) is 12.4 Å². The van der Waals surface area contributed by atoms with Crippen molar-refractivity contribution in [3.8, 4) is 0 Å². The number of nitrogens with zero attached hydrogens (tertiary/aromatic N) is 2. The molecular weight excluding hydrogens is 194 g/mol. The second kappa shape index (κ2) is 3.92. The van der Waals surface area contributed by atoms with E-state index >= 15 is 0 Å². The predicted octanol–water partition coefficient (Wildman–Crippen LogP) is 1.46. The lowest BCUT2D eigenvalue weighted by atomic mass is 10.3. The van der Waals surface area contributed by atoms with E-state index < -0.39 is 0 Å². The van der Waals surface area contributed by atoms with E-state index in [0.29, 0.717) is 0 Å². The second-order valence-corrected chi connectivity index (χ2v) is 3.96. The van der Waals surface area contributed by atoms with Gasteiger partial charge in [-0.3, -0.25) is 0 Å². The number of aromatic nitrogens is 2. The third kappa shape index (κ3) is 2.11. The highest BCUT2D eigenvalue weighted by atomic mass is 16.6. The van der Waals surface area contributed by atoms with Gasteiger partial charge in [0.25, 0.3) is 0 Å². The van der Waals surface area contributed by atoms with Crippen molar-refractivity contribution in [1.82, 2.24) is 14.9 Å². The van der Waals surface area contributed by atoms with Crippen LogP contribution in [-0.4, -0.2) is 21.7 Å². The molecule has 0 saturated carbocycles. The molecule has 0 saturated heterocycles. The first-order valence-corrected chi connectivity index (χ1v) is 5.15. The molecule has 5 heteroatoms. The average Bonchev–Trinajstić information content (AvgIpc) is 2.68. The maximum Gasteiger partial charge on any atom is 0.408 e. The van der Waals surface area contributed by atoms with Crippen molar-refractivity contribution in [3.05, 3.63) is 18.2 Å². The van der Waals surface area contributed by atoms with Gasteiger partial charge in [-0.1, -0.05) is 0 Å². The minimum atomic E-state index is -0.369. The minimum Gasteiger partial charge on any atom is -0.438 e. The molecule has 15 heavy (non-hydrogen) atoms. The Morgan fingerprint density at radius 3 is 3.27 bits per heavy atom. The smallest absolute Gasteiger partial charge is 0.408 e. The first kappa shape index (κ1) is 10.0. The van der Waals surface area contributed by atoms with Crippen LogP contribution in [-0.2, 0) is 11.3 Å². The number of nitrogens with one attached hydrogen (secondary N) is 1. The van der Waals surface area contributed by atoms with Crippen molar-refractivity contribution in [1.29, 1.82) is 0 Å². The summed E-state index contributed by atoms with van der Waals surface area (Å²) in [4.78, 5) is 15.5. The topological polar surface area (TPSA) is 56.1 Å². The highest BCUT2D eigenvalue weighted by Gasteiger charge is 2.26. The second-order valence-electron chi connectivity index (χ2n) is 3.96. The number of hydrogen-bond donors (Lipinski definition) is 1. The highest BCUT2D eigenvalue weighted by molar-refractivity contribution is 5.67. The molecular formula is C10H15N3O2. The summed E-state index contributed by atoms with van der Waals surface area (Å²) in [7, 11) is 0. The van der Waals surface area contributed by atoms with Crippen LogP contribution in [0.25, 0.3) is 0 Å². The molecule has 82 valence electrons. The van der Waals surface area contributed by atoms with E-state index in [9.17, 15) is 4.79 Å². The molecule has 0 spiro atoms. The van der Waals surface area contributed by atoms with Gasteiger partial charge in [-0.15, -0.1) is 0 Å². The van der Waals surface area contributed by atoms with Crippen LogP contribution in [0, 0.1) is 0 Å². The summed E-state index contributed by atoms with van der Waals surface area (Å²) in [5.74, 6) is 0.842. The molecule has 0 aliphatic carbocycles. The Kier molecular flexibility index (Phi) is 2.62. The first-order valence-electron chi connectivity index (χ1n) is 5.15. The van der Waals surface area contributed by atoms with Crippen molar-refractivity contribution >= 4 is 6.09 Å². The van der Waals surface area contributed by atoms with Gasteiger partial charge in [0.15, 0.2) is 6.10 Å². The van der Waals surface area contributed by atoms with Crippen molar-refractivity contribution in [2.24, 2.45) is 0 Å². The third-order valence-electron chi connectivity index (χ3n) is 2.32. The van der Waals surface area contributed by atoms with Gasteiger partial charge in [-0.05, 0) is 13.8 Å². The molecule has 1 N–H and O–H groups in total. The molecule has 2 rings (SSSR count). The molecule has 0 fully saturated rings. The summed E-state index contributed by atoms with van der Waals surface area (Å²) < 4.78 is 7.28. The maximum atomic E-state index is 11.4. The van der Waals surface area contributed by atoms with Crippen LogP contribution in [0.1, 0.15) is 32.2 Å². The Bertz CT molecular complexity index is 359. The van der Waals surface area contributed by atoms with E-state index in [4.69, 9.17) is 4.74 Å². The predicted molar refractivity (Wildman–Crippen MR) is 54.3 cm³/mol. The summed E-state index contributed by atoms with van der Waals surface area (Å²) in [5.41, 5.74) is 0. The maximum absolute atomic E-state index is 11.4. The van der Waals surface area contributed by atoms with Crippen LogP contribution in [0.5, 0.6) is 0 Å². The summed E-state index contributed by atoms with van der Waals surface area (Å²) in [6.07, 6.45) is 3.88. The van der Waals surface area contributed by atoms with Gasteiger partial charge in [0.2, 0.25) is 0 Å². The molecule has 0 aromatic carbocycles. The number of ether oxygens (including phenoxy) is 1. The van der Waals surface area contributed by atoms with Crippen molar-refractivity contribution < 1.29 is 9.53 Å². The van der Waals surface area contributed by atoms with Gasteiger partial charge in [0, 0.05) is 31.4 Å². The molecule has 1 atom stereocenters. The molecule has 0 radical (unpaired) electrons. The van der Waals surface area contributed by atoms with Crippen LogP contribution >= 0.6 is 0 Å². The number of fused-ring (bicyclic) bond motifs is 1. The van der Waals surface area contributed by atoms with E-state index in [0.717, 1.165) is 18.8 Å². The lowest BCUT2D eigenvalue weighted by molar-refractivity contribution is 0.0942. The summed E-state index contributed by atoms with van der Waals surface area (Å²) in [5, 5.41) is 2.69. The minimum absolute atomic E-state index is 0.0960. The van der Waals surface area contributed by atoms with Crippen LogP contribution in [0.4, 0.5) is 4.79 Å². The largest absolute Gasteiger partial charge is 0.438 e. The van der Waals surface area contributed by atoms with Gasteiger partial charge < -0.3 is 14.6 Å². The van der Waals surface area contributed by atoms with Gasteiger partial charge in [-0.2, -0.15) is 0 Å². The summed E-state index contributed by atoms with van der Waals surface area (Å²) in [6, 6.07) is 0.0960. The summed E-state index contributed by atoms with van der Waals surface area (Å²) in [6.45, 7) is 4.67. The highest BCUT2D eigenvalue weighted by Crippen LogP contribution is 2.27.